The molecule has 1 N–H and O–H groups in total. The van der Waals surface area contributed by atoms with Crippen molar-refractivity contribution in [3.8, 4) is 0 Å². The minimum absolute atomic E-state index is 0.192. The van der Waals surface area contributed by atoms with Crippen LogP contribution in [0.3, 0.4) is 0 Å². The number of hydrogen-bond donors (Lipinski definition) is 1. The number of amides is 1. The number of fused-ring (bicyclic) bond motifs is 1. The van der Waals surface area contributed by atoms with E-state index in [9.17, 15) is 9.18 Å². The number of nitrogens with zero attached hydrogens (tertiary/aromatic N) is 2. The molecule has 1 heterocycles. The SMILES string of the molecule is CN(C(=O)c1nc2ccc(F)cc2[nH]1)c1ccccc1. The van der Waals surface area contributed by atoms with Gasteiger partial charge in [-0.25, -0.2) is 9.37 Å². The van der Waals surface area contributed by atoms with E-state index in [-0.39, 0.29) is 17.5 Å². The molecule has 0 fully saturated rings. The number of carbonyl (C=O) groups excluding carboxylic acids is 1. The monoisotopic (exact) mass is 269 g/mol. The molecule has 0 saturated carbocycles. The van der Waals surface area contributed by atoms with Crippen molar-refractivity contribution >= 4 is 22.6 Å². The van der Waals surface area contributed by atoms with Crippen LogP contribution in [0.5, 0.6) is 0 Å². The number of imidazole rings is 1. The standard InChI is InChI=1S/C15H12FN3O/c1-19(11-5-3-2-4-6-11)15(20)14-17-12-8-7-10(16)9-13(12)18-14/h2-9H,1H3,(H,17,18). The van der Waals surface area contributed by atoms with Crippen molar-refractivity contribution in [1.82, 2.24) is 9.97 Å². The zero-order chi connectivity index (χ0) is 14.1. The van der Waals surface area contributed by atoms with E-state index in [2.05, 4.69) is 9.97 Å². The maximum Gasteiger partial charge on any atom is 0.293 e. The molecule has 1 amide bonds. The van der Waals surface area contributed by atoms with Crippen LogP contribution in [-0.4, -0.2) is 22.9 Å². The number of aromatic nitrogens is 2. The van der Waals surface area contributed by atoms with Crippen LogP contribution in [0, 0.1) is 5.82 Å². The Balaban J connectivity index is 1.96. The molecule has 0 unspecified atom stereocenters. The second-order valence-electron chi connectivity index (χ2n) is 4.45. The van der Waals surface area contributed by atoms with Crippen molar-refractivity contribution in [1.29, 1.82) is 0 Å². The Morgan fingerprint density at radius 1 is 1.20 bits per heavy atom. The summed E-state index contributed by atoms with van der Waals surface area (Å²) in [4.78, 5) is 20.9. The molecule has 0 atom stereocenters. The molecule has 4 nitrogen and oxygen atoms in total. The minimum Gasteiger partial charge on any atom is -0.334 e. The van der Waals surface area contributed by atoms with Crippen LogP contribution < -0.4 is 4.90 Å². The Kier molecular flexibility index (Phi) is 2.95. The van der Waals surface area contributed by atoms with E-state index in [1.165, 1.54) is 17.0 Å². The number of nitrogens with one attached hydrogen (secondary N) is 1. The summed E-state index contributed by atoms with van der Waals surface area (Å²) in [5, 5.41) is 0. The van der Waals surface area contributed by atoms with Crippen molar-refractivity contribution in [2.24, 2.45) is 0 Å². The Labute approximate surface area is 114 Å². The lowest BCUT2D eigenvalue weighted by Crippen LogP contribution is -2.27. The number of anilines is 1. The van der Waals surface area contributed by atoms with Gasteiger partial charge in [0, 0.05) is 12.7 Å². The maximum atomic E-state index is 13.1. The molecule has 0 radical (unpaired) electrons. The fourth-order valence-electron chi connectivity index (χ4n) is 2.01. The van der Waals surface area contributed by atoms with Gasteiger partial charge in [0.05, 0.1) is 11.0 Å². The molecular formula is C15H12FN3O. The van der Waals surface area contributed by atoms with Crippen LogP contribution in [0.25, 0.3) is 11.0 Å². The van der Waals surface area contributed by atoms with E-state index in [1.54, 1.807) is 13.1 Å². The average Bonchev–Trinajstić information content (AvgIpc) is 2.89. The molecule has 0 aliphatic rings. The molecule has 20 heavy (non-hydrogen) atoms. The highest BCUT2D eigenvalue weighted by molar-refractivity contribution is 6.04. The van der Waals surface area contributed by atoms with Gasteiger partial charge in [-0.2, -0.15) is 0 Å². The molecule has 100 valence electrons. The fourth-order valence-corrected chi connectivity index (χ4v) is 2.01. The molecule has 1 aromatic heterocycles. The molecule has 0 aliphatic carbocycles. The number of benzene rings is 2. The number of carbonyl (C=O) groups is 1. The first-order chi connectivity index (χ1) is 9.65. The summed E-state index contributed by atoms with van der Waals surface area (Å²) in [5.74, 6) is -0.443. The van der Waals surface area contributed by atoms with Crippen molar-refractivity contribution in [3.05, 3.63) is 60.2 Å². The molecule has 0 spiro atoms. The first kappa shape index (κ1) is 12.3. The smallest absolute Gasteiger partial charge is 0.293 e. The fraction of sp³-hybridized carbons (Fsp3) is 0.0667. The lowest BCUT2D eigenvalue weighted by atomic mass is 10.3. The van der Waals surface area contributed by atoms with E-state index in [0.717, 1.165) is 5.69 Å². The van der Waals surface area contributed by atoms with Crippen molar-refractivity contribution in [2.75, 3.05) is 11.9 Å². The van der Waals surface area contributed by atoms with Gasteiger partial charge in [0.15, 0.2) is 5.82 Å². The van der Waals surface area contributed by atoms with Crippen molar-refractivity contribution in [3.63, 3.8) is 0 Å². The Hall–Kier alpha value is -2.69. The predicted octanol–water partition coefficient (Wildman–Crippen LogP) is 2.98. The maximum absolute atomic E-state index is 13.1. The van der Waals surface area contributed by atoms with E-state index < -0.39 is 0 Å². The van der Waals surface area contributed by atoms with E-state index in [0.29, 0.717) is 11.0 Å². The summed E-state index contributed by atoms with van der Waals surface area (Å²) >= 11 is 0. The van der Waals surface area contributed by atoms with Gasteiger partial charge in [-0.05, 0) is 30.3 Å². The van der Waals surface area contributed by atoms with Gasteiger partial charge in [-0.1, -0.05) is 18.2 Å². The first-order valence-electron chi connectivity index (χ1n) is 6.13. The molecule has 0 saturated heterocycles. The Morgan fingerprint density at radius 3 is 2.70 bits per heavy atom. The van der Waals surface area contributed by atoms with E-state index in [1.807, 2.05) is 30.3 Å². The highest BCUT2D eigenvalue weighted by Crippen LogP contribution is 2.17. The number of aromatic amines is 1. The predicted molar refractivity (Wildman–Crippen MR) is 75.2 cm³/mol. The van der Waals surface area contributed by atoms with Crippen LogP contribution in [0.4, 0.5) is 10.1 Å². The molecule has 2 aromatic carbocycles. The van der Waals surface area contributed by atoms with Gasteiger partial charge in [-0.3, -0.25) is 4.79 Å². The van der Waals surface area contributed by atoms with Crippen molar-refractivity contribution < 1.29 is 9.18 Å². The normalized spacial score (nSPS) is 10.7. The number of H-pyrrole nitrogens is 1. The van der Waals surface area contributed by atoms with Gasteiger partial charge in [0.2, 0.25) is 0 Å². The molecular weight excluding hydrogens is 257 g/mol. The van der Waals surface area contributed by atoms with Crippen molar-refractivity contribution in [2.45, 2.75) is 0 Å². The number of para-hydroxylation sites is 1. The van der Waals surface area contributed by atoms with Crippen LogP contribution >= 0.6 is 0 Å². The second kappa shape index (κ2) is 4.77. The molecule has 5 heteroatoms. The van der Waals surface area contributed by atoms with E-state index >= 15 is 0 Å². The summed E-state index contributed by atoms with van der Waals surface area (Å²) in [5.41, 5.74) is 1.84. The zero-order valence-electron chi connectivity index (χ0n) is 10.8. The Morgan fingerprint density at radius 2 is 1.95 bits per heavy atom. The summed E-state index contributed by atoms with van der Waals surface area (Å²) in [6.45, 7) is 0. The first-order valence-corrected chi connectivity index (χ1v) is 6.13. The highest BCUT2D eigenvalue weighted by Gasteiger charge is 2.17. The van der Waals surface area contributed by atoms with Crippen LogP contribution in [-0.2, 0) is 0 Å². The van der Waals surface area contributed by atoms with Gasteiger partial charge >= 0.3 is 0 Å². The zero-order valence-corrected chi connectivity index (χ0v) is 10.8. The van der Waals surface area contributed by atoms with E-state index in [4.69, 9.17) is 0 Å². The molecule has 3 aromatic rings. The topological polar surface area (TPSA) is 49.0 Å². The third-order valence-corrected chi connectivity index (χ3v) is 3.09. The third kappa shape index (κ3) is 2.14. The van der Waals surface area contributed by atoms with Crippen LogP contribution in [0.2, 0.25) is 0 Å². The Bertz CT molecular complexity index is 767. The summed E-state index contributed by atoms with van der Waals surface area (Å²) in [6.07, 6.45) is 0. The molecule has 0 aliphatic heterocycles. The number of halogens is 1. The van der Waals surface area contributed by atoms with Crippen LogP contribution in [0.15, 0.2) is 48.5 Å². The van der Waals surface area contributed by atoms with Gasteiger partial charge in [0.1, 0.15) is 5.82 Å². The molecule has 0 bridgehead atoms. The van der Waals surface area contributed by atoms with Crippen LogP contribution in [0.1, 0.15) is 10.6 Å². The molecule has 3 rings (SSSR count). The van der Waals surface area contributed by atoms with Gasteiger partial charge in [0.25, 0.3) is 5.91 Å². The van der Waals surface area contributed by atoms with Gasteiger partial charge in [-0.15, -0.1) is 0 Å². The highest BCUT2D eigenvalue weighted by atomic mass is 19.1. The summed E-state index contributed by atoms with van der Waals surface area (Å²) in [7, 11) is 1.67. The lowest BCUT2D eigenvalue weighted by Gasteiger charge is -2.15. The summed E-state index contributed by atoms with van der Waals surface area (Å²) < 4.78 is 13.1. The van der Waals surface area contributed by atoms with Gasteiger partial charge < -0.3 is 9.88 Å². The number of hydrogen-bond acceptors (Lipinski definition) is 2. The third-order valence-electron chi connectivity index (χ3n) is 3.09. The second-order valence-corrected chi connectivity index (χ2v) is 4.45. The number of rotatable bonds is 2. The minimum atomic E-state index is -0.364. The lowest BCUT2D eigenvalue weighted by molar-refractivity contribution is 0.0984. The largest absolute Gasteiger partial charge is 0.334 e. The average molecular weight is 269 g/mol. The summed E-state index contributed by atoms with van der Waals surface area (Å²) in [6, 6.07) is 13.4. The quantitative estimate of drug-likeness (QED) is 0.777.